The summed E-state index contributed by atoms with van der Waals surface area (Å²) in [5.74, 6) is -1.66. The van der Waals surface area contributed by atoms with Crippen molar-refractivity contribution >= 4 is 56.5 Å². The largest absolute Gasteiger partial charge is 0.367 e. The van der Waals surface area contributed by atoms with Crippen LogP contribution >= 0.6 is 38.9 Å². The third kappa shape index (κ3) is 4.60. The first-order chi connectivity index (χ1) is 13.0. The van der Waals surface area contributed by atoms with Crippen LogP contribution in [-0.4, -0.2) is 22.6 Å². The Kier molecular flexibility index (Phi) is 6.00. The molecule has 1 heterocycles. The number of hydrogen-bond donors (Lipinski definition) is 1. The molecule has 0 saturated heterocycles. The highest BCUT2D eigenvalue weighted by molar-refractivity contribution is 9.10. The summed E-state index contributed by atoms with van der Waals surface area (Å²) in [5, 5.41) is 5.82. The zero-order valence-corrected chi connectivity index (χ0v) is 16.7. The van der Waals surface area contributed by atoms with Crippen LogP contribution in [0.25, 0.3) is 11.3 Å². The lowest BCUT2D eigenvalue weighted by molar-refractivity contribution is -0.112. The van der Waals surface area contributed by atoms with E-state index in [0.717, 1.165) is 21.4 Å². The monoisotopic (exact) mass is 463 g/mol. The SMILES string of the molecule is NC(=O)C(=NOC(=O)c1ccccc1Cl)c1nc(-c2ccc(Br)cc2)cs1. The zero-order valence-electron chi connectivity index (χ0n) is 13.6. The van der Waals surface area contributed by atoms with Crippen molar-refractivity contribution in [2.45, 2.75) is 0 Å². The van der Waals surface area contributed by atoms with E-state index in [2.05, 4.69) is 26.1 Å². The first-order valence-electron chi connectivity index (χ1n) is 7.51. The number of oxime groups is 1. The molecular formula is C18H11BrClN3O3S. The van der Waals surface area contributed by atoms with E-state index in [9.17, 15) is 9.59 Å². The molecule has 27 heavy (non-hydrogen) atoms. The Morgan fingerprint density at radius 3 is 2.52 bits per heavy atom. The molecule has 0 atom stereocenters. The Balaban J connectivity index is 1.85. The highest BCUT2D eigenvalue weighted by Crippen LogP contribution is 2.24. The van der Waals surface area contributed by atoms with Crippen molar-refractivity contribution in [3.05, 3.63) is 74.0 Å². The molecule has 2 aromatic carbocycles. The molecule has 0 aliphatic carbocycles. The van der Waals surface area contributed by atoms with E-state index in [1.165, 1.54) is 6.07 Å². The van der Waals surface area contributed by atoms with Gasteiger partial charge in [-0.2, -0.15) is 0 Å². The average Bonchev–Trinajstić information content (AvgIpc) is 3.12. The Morgan fingerprint density at radius 1 is 1.15 bits per heavy atom. The smallest absolute Gasteiger partial charge is 0.364 e. The first kappa shape index (κ1) is 19.2. The Labute approximate surface area is 171 Å². The molecule has 1 aromatic heterocycles. The van der Waals surface area contributed by atoms with Crippen molar-refractivity contribution < 1.29 is 14.4 Å². The van der Waals surface area contributed by atoms with Crippen LogP contribution in [0.4, 0.5) is 0 Å². The van der Waals surface area contributed by atoms with Gasteiger partial charge in [0.2, 0.25) is 5.71 Å². The number of aromatic nitrogens is 1. The second-order valence-electron chi connectivity index (χ2n) is 5.21. The van der Waals surface area contributed by atoms with Gasteiger partial charge in [-0.05, 0) is 24.3 Å². The van der Waals surface area contributed by atoms with Crippen LogP contribution in [-0.2, 0) is 9.63 Å². The molecular weight excluding hydrogens is 454 g/mol. The molecule has 6 nitrogen and oxygen atoms in total. The van der Waals surface area contributed by atoms with Crippen LogP contribution < -0.4 is 5.73 Å². The van der Waals surface area contributed by atoms with Gasteiger partial charge in [-0.3, -0.25) is 4.79 Å². The summed E-state index contributed by atoms with van der Waals surface area (Å²) in [6, 6.07) is 13.8. The fraction of sp³-hybridized carbons (Fsp3) is 0. The third-order valence-electron chi connectivity index (χ3n) is 3.39. The number of nitrogens with zero attached hydrogens (tertiary/aromatic N) is 2. The summed E-state index contributed by atoms with van der Waals surface area (Å²) in [7, 11) is 0. The van der Waals surface area contributed by atoms with Crippen molar-refractivity contribution in [3.8, 4) is 11.3 Å². The Bertz CT molecular complexity index is 1030. The molecule has 0 bridgehead atoms. The van der Waals surface area contributed by atoms with E-state index in [0.29, 0.717) is 5.69 Å². The maximum Gasteiger partial charge on any atom is 0.367 e. The van der Waals surface area contributed by atoms with Gasteiger partial charge in [0.1, 0.15) is 0 Å². The number of thiazole rings is 1. The minimum Gasteiger partial charge on any atom is -0.364 e. The van der Waals surface area contributed by atoms with E-state index in [4.69, 9.17) is 22.2 Å². The van der Waals surface area contributed by atoms with Gasteiger partial charge in [0.15, 0.2) is 5.01 Å². The second-order valence-corrected chi connectivity index (χ2v) is 7.39. The second kappa shape index (κ2) is 8.43. The number of carbonyl (C=O) groups excluding carboxylic acids is 2. The highest BCUT2D eigenvalue weighted by atomic mass is 79.9. The van der Waals surface area contributed by atoms with Crippen LogP contribution in [0.2, 0.25) is 5.02 Å². The van der Waals surface area contributed by atoms with Crippen molar-refractivity contribution in [1.29, 1.82) is 0 Å². The number of primary amides is 1. The lowest BCUT2D eigenvalue weighted by Gasteiger charge is -2.02. The van der Waals surface area contributed by atoms with E-state index in [-0.39, 0.29) is 21.3 Å². The van der Waals surface area contributed by atoms with E-state index < -0.39 is 11.9 Å². The molecule has 0 saturated carbocycles. The van der Waals surface area contributed by atoms with Crippen molar-refractivity contribution in [1.82, 2.24) is 4.98 Å². The quantitative estimate of drug-likeness (QED) is 0.346. The molecule has 2 N–H and O–H groups in total. The summed E-state index contributed by atoms with van der Waals surface area (Å²) in [6.45, 7) is 0. The number of amides is 1. The Hall–Kier alpha value is -2.55. The predicted molar refractivity (Wildman–Crippen MR) is 108 cm³/mol. The van der Waals surface area contributed by atoms with Gasteiger partial charge in [-0.1, -0.05) is 57.0 Å². The number of nitrogens with two attached hydrogens (primary N) is 1. The average molecular weight is 465 g/mol. The van der Waals surface area contributed by atoms with Crippen molar-refractivity contribution in [2.24, 2.45) is 10.9 Å². The number of rotatable bonds is 5. The van der Waals surface area contributed by atoms with E-state index >= 15 is 0 Å². The predicted octanol–water partition coefficient (Wildman–Crippen LogP) is 4.27. The van der Waals surface area contributed by atoms with Gasteiger partial charge < -0.3 is 10.6 Å². The normalized spacial score (nSPS) is 11.3. The topological polar surface area (TPSA) is 94.6 Å². The number of carbonyl (C=O) groups is 2. The zero-order chi connectivity index (χ0) is 19.4. The summed E-state index contributed by atoms with van der Waals surface area (Å²) in [4.78, 5) is 33.0. The van der Waals surface area contributed by atoms with Gasteiger partial charge in [0.25, 0.3) is 5.91 Å². The summed E-state index contributed by atoms with van der Waals surface area (Å²) in [5.41, 5.74) is 6.75. The lowest BCUT2D eigenvalue weighted by Crippen LogP contribution is -2.25. The van der Waals surface area contributed by atoms with Crippen molar-refractivity contribution in [2.75, 3.05) is 0 Å². The van der Waals surface area contributed by atoms with Crippen LogP contribution in [0.3, 0.4) is 0 Å². The molecule has 3 aromatic rings. The lowest BCUT2D eigenvalue weighted by atomic mass is 10.2. The molecule has 0 aliphatic heterocycles. The number of benzene rings is 2. The van der Waals surface area contributed by atoms with Crippen LogP contribution in [0.5, 0.6) is 0 Å². The molecule has 1 amide bonds. The maximum absolute atomic E-state index is 12.1. The minimum atomic E-state index is -0.862. The molecule has 0 spiro atoms. The van der Waals surface area contributed by atoms with Gasteiger partial charge in [-0.15, -0.1) is 11.3 Å². The van der Waals surface area contributed by atoms with Gasteiger partial charge in [-0.25, -0.2) is 9.78 Å². The summed E-state index contributed by atoms with van der Waals surface area (Å²) in [6.07, 6.45) is 0. The van der Waals surface area contributed by atoms with E-state index in [1.807, 2.05) is 24.3 Å². The molecule has 136 valence electrons. The maximum atomic E-state index is 12.1. The van der Waals surface area contributed by atoms with Crippen LogP contribution in [0, 0.1) is 0 Å². The highest BCUT2D eigenvalue weighted by Gasteiger charge is 2.19. The van der Waals surface area contributed by atoms with Crippen LogP contribution in [0.15, 0.2) is 63.5 Å². The summed E-state index contributed by atoms with van der Waals surface area (Å²) < 4.78 is 0.938. The number of hydrogen-bond acceptors (Lipinski definition) is 6. The molecule has 0 radical (unpaired) electrons. The molecule has 0 fully saturated rings. The molecule has 0 aliphatic rings. The molecule has 9 heteroatoms. The van der Waals surface area contributed by atoms with Gasteiger partial charge >= 0.3 is 5.97 Å². The number of halogens is 2. The first-order valence-corrected chi connectivity index (χ1v) is 9.56. The molecule has 0 unspecified atom stereocenters. The van der Waals surface area contributed by atoms with Gasteiger partial charge in [0.05, 0.1) is 16.3 Å². The third-order valence-corrected chi connectivity index (χ3v) is 5.10. The summed E-state index contributed by atoms with van der Waals surface area (Å²) >= 11 is 10.5. The van der Waals surface area contributed by atoms with Crippen LogP contribution in [0.1, 0.15) is 15.4 Å². The van der Waals surface area contributed by atoms with Gasteiger partial charge in [0, 0.05) is 15.4 Å². The standard InChI is InChI=1S/C18H11BrClN3O3S/c19-11-7-5-10(6-8-11)14-9-27-17(22-14)15(16(21)24)23-26-18(25)12-3-1-2-4-13(12)20/h1-9H,(H2,21,24). The van der Waals surface area contributed by atoms with E-state index in [1.54, 1.807) is 23.6 Å². The Morgan fingerprint density at radius 2 is 1.85 bits per heavy atom. The molecule has 3 rings (SSSR count). The minimum absolute atomic E-state index is 0.126. The fourth-order valence-electron chi connectivity index (χ4n) is 2.09. The van der Waals surface area contributed by atoms with Crippen molar-refractivity contribution in [3.63, 3.8) is 0 Å². The fourth-order valence-corrected chi connectivity index (χ4v) is 3.38.